The second-order valence-corrected chi connectivity index (χ2v) is 37.6. The Balaban J connectivity index is 0.000000125. The number of benzene rings is 9. The first-order valence-electron chi connectivity index (χ1n) is 48.0. The second kappa shape index (κ2) is 45.5. The van der Waals surface area contributed by atoms with Crippen LogP contribution in [0.2, 0.25) is 0 Å². The van der Waals surface area contributed by atoms with Crippen LogP contribution < -0.4 is 24.8 Å². The highest BCUT2D eigenvalue weighted by atomic mass is 32.1. The number of aromatic nitrogens is 9. The predicted octanol–water partition coefficient (Wildman–Crippen LogP) is 19.5. The Morgan fingerprint density at radius 1 is 0.430 bits per heavy atom. The summed E-state index contributed by atoms with van der Waals surface area (Å²) in [5.74, 6) is 0.531. The highest BCUT2D eigenvalue weighted by Crippen LogP contribution is 2.38. The zero-order chi connectivity index (χ0) is 98.3. The van der Waals surface area contributed by atoms with Crippen molar-refractivity contribution in [2.45, 2.75) is 122 Å². The Hall–Kier alpha value is -14.3. The van der Waals surface area contributed by atoms with Crippen LogP contribution in [0.5, 0.6) is 17.2 Å². The number of amides is 2. The molecule has 6 aliphatic rings. The molecule has 728 valence electrons. The molecule has 4 saturated heterocycles. The van der Waals surface area contributed by atoms with Crippen LogP contribution in [0, 0.1) is 46.8 Å². The standard InChI is InChI=1S/C30H29FN4O2S.C28H30FN5O3.C27H25F2N3O.C26H26FN5O2/c1-18-10-19(16-35(15-18)17-24-25(31)4-3-5-29(24)37-2)11-28(36)20-6-7-22-14-32-30(23(22)12-20)21-8-9-26-27(13-21)34-38-33-26;1-36-17-21-8-7-20(15-34(21)16-23-24(29)4-3-5-26(23)37-2)31-28(35)19-6-9-25-22(14-19)27(33-32-25)18-10-12-30-13-11-18;28-24-4-1-5-25(29)23(24)17-32-12-2-3-18(16-32)13-26(33)20-6-7-21-15-31-27(22(21)14-20)19-8-10-30-11-9-19;1-34-24-6-2-5-22(27)21(24)16-32-13-3-4-19(15-32)29-26(33)18-7-8-23-20(14-18)25(31-30-23)17-9-11-28-12-10-17/h3-9,12-13,18-19H,10-11,14-17H2,1-2H3;3-6,9-14,20-21H,7-8,15-17H2,1-2H3,(H,31,35)(H,32,33);1,4-11,14,18H,2-3,12-13,15-17H2;2,5-12,14,19H,3-4,13,15-16H2,1H3,(H,29,33)(H,30,31)/t18-,19-;20-,21-;18-;19-/m1101/s1. The number of halogens is 5. The molecule has 0 radical (unpaired) electrons. The molecule has 4 fully saturated rings. The van der Waals surface area contributed by atoms with Gasteiger partial charge in [0.2, 0.25) is 0 Å². The molecule has 31 heteroatoms. The topological polar surface area (TPSA) is 289 Å². The van der Waals surface area contributed by atoms with Crippen molar-refractivity contribution >= 4 is 79.4 Å². The van der Waals surface area contributed by atoms with Crippen molar-refractivity contribution in [2.24, 2.45) is 27.7 Å². The zero-order valence-electron chi connectivity index (χ0n) is 79.6. The van der Waals surface area contributed by atoms with Gasteiger partial charge in [-0.1, -0.05) is 61.5 Å². The number of fused-ring (bicyclic) bond motifs is 5. The second-order valence-electron chi connectivity index (χ2n) is 37.1. The molecule has 12 heterocycles. The molecule has 142 heavy (non-hydrogen) atoms. The number of carbonyl (C=O) groups excluding carboxylic acids is 4. The van der Waals surface area contributed by atoms with Crippen LogP contribution >= 0.6 is 11.7 Å². The van der Waals surface area contributed by atoms with Crippen LogP contribution in [0.4, 0.5) is 22.0 Å². The monoisotopic (exact) mass is 1940 g/mol. The molecule has 6 atom stereocenters. The van der Waals surface area contributed by atoms with E-state index in [4.69, 9.17) is 23.9 Å². The largest absolute Gasteiger partial charge is 0.496 e. The lowest BCUT2D eigenvalue weighted by molar-refractivity contribution is 0.0448. The maximum Gasteiger partial charge on any atom is 0.251 e. The first-order valence-corrected chi connectivity index (χ1v) is 48.7. The van der Waals surface area contributed by atoms with Crippen molar-refractivity contribution in [2.75, 3.05) is 80.9 Å². The quantitative estimate of drug-likeness (QED) is 0.0275. The maximum absolute atomic E-state index is 14.7. The highest BCUT2D eigenvalue weighted by molar-refractivity contribution is 7.00. The summed E-state index contributed by atoms with van der Waals surface area (Å²) < 4.78 is 102. The fourth-order valence-corrected chi connectivity index (χ4v) is 20.9. The number of pyridine rings is 3. The molecule has 6 aliphatic heterocycles. The molecule has 0 bridgehead atoms. The number of nitrogens with one attached hydrogen (secondary N) is 4. The number of likely N-dealkylation sites (tertiary alicyclic amines) is 4. The lowest BCUT2D eigenvalue weighted by Gasteiger charge is -2.39. The fraction of sp³-hybridized carbons (Fsp3) is 0.306. The Bertz CT molecular complexity index is 7090. The number of methoxy groups -OCH3 is 4. The number of hydrogen-bond donors (Lipinski definition) is 4. The Labute approximate surface area is 823 Å². The third-order valence-corrected chi connectivity index (χ3v) is 28.0. The zero-order valence-corrected chi connectivity index (χ0v) is 80.4. The van der Waals surface area contributed by atoms with Gasteiger partial charge in [0.05, 0.1) is 75.2 Å². The minimum Gasteiger partial charge on any atom is -0.496 e. The Kier molecular flexibility index (Phi) is 31.4. The number of nitrogens with zero attached hydrogens (tertiary/aromatic N) is 13. The van der Waals surface area contributed by atoms with E-state index in [2.05, 4.69) is 86.2 Å². The van der Waals surface area contributed by atoms with Crippen LogP contribution in [0.3, 0.4) is 0 Å². The van der Waals surface area contributed by atoms with E-state index in [1.54, 1.807) is 114 Å². The SMILES string of the molecule is COC[C@H]1CC[C@@H](NC(=O)c2ccc3[nH]nc(-c4ccncc4)c3c2)CN1Cc1c(F)cccc1OC.COc1cccc(F)c1CN1CCC[C@@H](NC(=O)c2ccc3[nH]nc(-c4ccncc4)c3c2)C1.COc1cccc(F)c1CN1C[C@H](C)C[C@H](CC(=O)c2ccc3c(c2)C(c2ccc4nsnc4c2)=NC3)C1.O=C(C[C@@H]1CCCN(Cc2c(F)cccc2F)C1)c1ccc2c(c1)C(c1ccncc1)=NC2. The van der Waals surface area contributed by atoms with Gasteiger partial charge in [0.1, 0.15) is 68.8 Å². The summed E-state index contributed by atoms with van der Waals surface area (Å²) in [7, 11) is 6.33. The van der Waals surface area contributed by atoms with Crippen molar-refractivity contribution in [3.05, 3.63) is 344 Å². The van der Waals surface area contributed by atoms with Gasteiger partial charge in [-0.15, -0.1) is 0 Å². The van der Waals surface area contributed by atoms with Gasteiger partial charge in [0.15, 0.2) is 11.6 Å². The number of rotatable bonds is 27. The highest BCUT2D eigenvalue weighted by Gasteiger charge is 2.35. The van der Waals surface area contributed by atoms with Crippen molar-refractivity contribution < 1.29 is 60.1 Å². The molecule has 6 aromatic heterocycles. The minimum atomic E-state index is -0.516. The predicted molar refractivity (Wildman–Crippen MR) is 538 cm³/mol. The van der Waals surface area contributed by atoms with Gasteiger partial charge in [-0.2, -0.15) is 18.9 Å². The molecule has 15 aromatic rings. The molecule has 2 amide bonds. The third kappa shape index (κ3) is 23.1. The minimum absolute atomic E-state index is 0.0151. The number of aromatic amines is 2. The van der Waals surface area contributed by atoms with Crippen molar-refractivity contribution in [3.63, 3.8) is 0 Å². The van der Waals surface area contributed by atoms with Crippen molar-refractivity contribution in [1.82, 2.24) is 74.3 Å². The summed E-state index contributed by atoms with van der Waals surface area (Å²) >= 11 is 1.20. The number of H-pyrrole nitrogens is 2. The van der Waals surface area contributed by atoms with Crippen molar-refractivity contribution in [3.8, 4) is 39.8 Å². The fourth-order valence-electron chi connectivity index (χ4n) is 20.4. The summed E-state index contributed by atoms with van der Waals surface area (Å²) in [6, 6.07) is 58.9. The molecule has 0 spiro atoms. The van der Waals surface area contributed by atoms with Crippen LogP contribution in [-0.2, 0) is 44.0 Å². The number of ketones is 2. The summed E-state index contributed by atoms with van der Waals surface area (Å²) in [6.07, 6.45) is 17.5. The van der Waals surface area contributed by atoms with Crippen LogP contribution in [0.15, 0.2) is 247 Å². The van der Waals surface area contributed by atoms with E-state index < -0.39 is 11.6 Å². The molecule has 9 aromatic carbocycles. The van der Waals surface area contributed by atoms with Gasteiger partial charge in [0.25, 0.3) is 11.8 Å². The number of carbonyl (C=O) groups is 4. The van der Waals surface area contributed by atoms with E-state index in [0.717, 1.165) is 177 Å². The van der Waals surface area contributed by atoms with E-state index in [-0.39, 0.29) is 82.9 Å². The van der Waals surface area contributed by atoms with E-state index in [1.807, 2.05) is 115 Å². The number of hydrogen-bond acceptors (Lipinski definition) is 22. The lowest BCUT2D eigenvalue weighted by atomic mass is 9.85. The van der Waals surface area contributed by atoms with Gasteiger partial charge >= 0.3 is 0 Å². The summed E-state index contributed by atoms with van der Waals surface area (Å²) in [5, 5.41) is 23.0. The third-order valence-electron chi connectivity index (χ3n) is 27.4. The number of piperidine rings is 4. The normalized spacial score (nSPS) is 18.1. The van der Waals surface area contributed by atoms with E-state index in [9.17, 15) is 41.1 Å². The molecular weight excluding hydrogens is 1830 g/mol. The van der Waals surface area contributed by atoms with Gasteiger partial charge in [-0.05, 0) is 233 Å². The molecule has 4 N–H and O–H groups in total. The van der Waals surface area contributed by atoms with E-state index >= 15 is 0 Å². The average Bonchev–Trinajstić information content (AvgIpc) is 1.64. The summed E-state index contributed by atoms with van der Waals surface area (Å²) in [6.45, 7) is 10.6. The smallest absolute Gasteiger partial charge is 0.251 e. The number of Topliss-reactive ketones (excluding diaryl/α,β-unsaturated/α-hetero) is 2. The molecule has 21 rings (SSSR count). The van der Waals surface area contributed by atoms with E-state index in [0.29, 0.717) is 128 Å². The van der Waals surface area contributed by atoms with Crippen LogP contribution in [0.1, 0.15) is 162 Å². The Morgan fingerprint density at radius 3 is 1.43 bits per heavy atom. The molecular formula is C111H110F5N17O8S. The molecule has 0 saturated carbocycles. The average molecular weight is 1940 g/mol. The first-order chi connectivity index (χ1) is 69.2. The lowest BCUT2D eigenvalue weighted by Crippen LogP contribution is -2.52. The number of aliphatic imine (C=N–C) groups is 2. The van der Waals surface area contributed by atoms with Crippen molar-refractivity contribution in [1.29, 1.82) is 0 Å². The van der Waals surface area contributed by atoms with Gasteiger partial charge < -0.3 is 29.6 Å². The van der Waals surface area contributed by atoms with Crippen LogP contribution in [0.25, 0.3) is 55.4 Å². The maximum atomic E-state index is 14.7. The summed E-state index contributed by atoms with van der Waals surface area (Å²) in [4.78, 5) is 83.3. The molecule has 0 aliphatic carbocycles. The molecule has 0 unspecified atom stereocenters. The van der Waals surface area contributed by atoms with Gasteiger partial charge in [-0.25, -0.2) is 22.0 Å². The Morgan fingerprint density at radius 2 is 0.887 bits per heavy atom. The molecule has 25 nitrogen and oxygen atoms in total. The summed E-state index contributed by atoms with van der Waals surface area (Å²) in [5.41, 5.74) is 19.2. The van der Waals surface area contributed by atoms with Gasteiger partial charge in [-0.3, -0.25) is 73.9 Å². The number of ether oxygens (including phenoxy) is 4. The van der Waals surface area contributed by atoms with Crippen LogP contribution in [-0.4, -0.2) is 197 Å². The first kappa shape index (κ1) is 97.9. The van der Waals surface area contributed by atoms with Gasteiger partial charge in [0, 0.05) is 223 Å². The van der Waals surface area contributed by atoms with E-state index in [1.165, 1.54) is 48.1 Å².